The number of methoxy groups -OCH3 is 1. The molecule has 154 valence electrons. The molecule has 0 radical (unpaired) electrons. The first-order valence-corrected chi connectivity index (χ1v) is 10.0. The van der Waals surface area contributed by atoms with Gasteiger partial charge >= 0.3 is 6.03 Å². The van der Waals surface area contributed by atoms with Gasteiger partial charge in [-0.15, -0.1) is 0 Å². The van der Waals surface area contributed by atoms with Crippen molar-refractivity contribution in [1.82, 2.24) is 15.4 Å². The van der Waals surface area contributed by atoms with Crippen molar-refractivity contribution < 1.29 is 18.8 Å². The third kappa shape index (κ3) is 4.59. The van der Waals surface area contributed by atoms with E-state index in [0.717, 1.165) is 42.0 Å². The van der Waals surface area contributed by atoms with E-state index in [0.29, 0.717) is 32.0 Å². The fourth-order valence-electron chi connectivity index (χ4n) is 4.01. The van der Waals surface area contributed by atoms with Crippen LogP contribution in [0.15, 0.2) is 34.9 Å². The van der Waals surface area contributed by atoms with E-state index in [1.807, 2.05) is 35.2 Å². The Kier molecular flexibility index (Phi) is 5.80. The van der Waals surface area contributed by atoms with E-state index < -0.39 is 0 Å². The minimum absolute atomic E-state index is 0.0283. The number of anilines is 1. The first-order chi connectivity index (χ1) is 14.1. The quantitative estimate of drug-likeness (QED) is 0.806. The number of piperidine rings is 1. The van der Waals surface area contributed by atoms with Crippen molar-refractivity contribution in [2.45, 2.75) is 44.2 Å². The van der Waals surface area contributed by atoms with Crippen LogP contribution in [0.2, 0.25) is 0 Å². The molecule has 1 aromatic carbocycles. The zero-order chi connectivity index (χ0) is 20.2. The van der Waals surface area contributed by atoms with Gasteiger partial charge in [0.2, 0.25) is 5.91 Å². The van der Waals surface area contributed by atoms with Crippen LogP contribution in [0.25, 0.3) is 0 Å². The highest BCUT2D eigenvalue weighted by Crippen LogP contribution is 2.29. The lowest BCUT2D eigenvalue weighted by molar-refractivity contribution is -0.119. The van der Waals surface area contributed by atoms with Crippen LogP contribution in [0.4, 0.5) is 10.5 Å². The molecule has 0 saturated carbocycles. The topological polar surface area (TPSA) is 96.7 Å². The lowest BCUT2D eigenvalue weighted by Crippen LogP contribution is -2.40. The van der Waals surface area contributed by atoms with Crippen molar-refractivity contribution in [1.29, 1.82) is 0 Å². The molecule has 2 aliphatic heterocycles. The fraction of sp³-hybridized carbons (Fsp3) is 0.476. The van der Waals surface area contributed by atoms with Crippen LogP contribution in [0, 0.1) is 0 Å². The third-order valence-electron chi connectivity index (χ3n) is 5.60. The molecule has 0 spiro atoms. The number of carbonyl (C=O) groups excluding carboxylic acids is 2. The van der Waals surface area contributed by atoms with Crippen molar-refractivity contribution in [3.8, 4) is 0 Å². The van der Waals surface area contributed by atoms with Crippen LogP contribution >= 0.6 is 0 Å². The molecular weight excluding hydrogens is 372 g/mol. The second-order valence-corrected chi connectivity index (χ2v) is 7.63. The number of nitrogens with one attached hydrogen (secondary N) is 2. The molecule has 29 heavy (non-hydrogen) atoms. The maximum Gasteiger partial charge on any atom is 0.321 e. The molecule has 0 aliphatic carbocycles. The van der Waals surface area contributed by atoms with Crippen molar-refractivity contribution >= 4 is 17.6 Å². The third-order valence-corrected chi connectivity index (χ3v) is 5.60. The first-order valence-electron chi connectivity index (χ1n) is 10.0. The second-order valence-electron chi connectivity index (χ2n) is 7.63. The largest absolute Gasteiger partial charge is 0.377 e. The number of hydrogen-bond acceptors (Lipinski definition) is 5. The van der Waals surface area contributed by atoms with Gasteiger partial charge in [-0.3, -0.25) is 4.79 Å². The maximum absolute atomic E-state index is 12.7. The molecule has 4 rings (SSSR count). The maximum atomic E-state index is 12.7. The predicted octanol–water partition coefficient (Wildman–Crippen LogP) is 3.18. The van der Waals surface area contributed by atoms with Gasteiger partial charge in [0.15, 0.2) is 5.76 Å². The zero-order valence-electron chi connectivity index (χ0n) is 16.5. The summed E-state index contributed by atoms with van der Waals surface area (Å²) in [5.41, 5.74) is 2.70. The molecule has 3 amide bonds. The van der Waals surface area contributed by atoms with Gasteiger partial charge in [0.05, 0.1) is 11.7 Å². The van der Waals surface area contributed by atoms with Crippen molar-refractivity contribution in [2.24, 2.45) is 0 Å². The summed E-state index contributed by atoms with van der Waals surface area (Å²) in [6, 6.07) is 9.57. The Morgan fingerprint density at radius 2 is 2.14 bits per heavy atom. The molecule has 2 saturated heterocycles. The molecule has 8 heteroatoms. The molecule has 3 heterocycles. The van der Waals surface area contributed by atoms with Crippen LogP contribution in [0.1, 0.15) is 54.7 Å². The number of urea groups is 1. The highest BCUT2D eigenvalue weighted by atomic mass is 16.5. The van der Waals surface area contributed by atoms with Gasteiger partial charge in [-0.25, -0.2) is 4.79 Å². The summed E-state index contributed by atoms with van der Waals surface area (Å²) in [4.78, 5) is 26.0. The van der Waals surface area contributed by atoms with Gasteiger partial charge in [0.1, 0.15) is 6.61 Å². The minimum atomic E-state index is -0.101. The molecule has 1 unspecified atom stereocenters. The number of amides is 3. The molecule has 2 N–H and O–H groups in total. The summed E-state index contributed by atoms with van der Waals surface area (Å²) in [6.07, 6.45) is 3.04. The van der Waals surface area contributed by atoms with Crippen molar-refractivity contribution in [3.63, 3.8) is 0 Å². The number of rotatable bonds is 5. The summed E-state index contributed by atoms with van der Waals surface area (Å²) < 4.78 is 10.3. The van der Waals surface area contributed by atoms with E-state index in [1.54, 1.807) is 7.11 Å². The first kappa shape index (κ1) is 19.4. The normalized spacial score (nSPS) is 20.0. The van der Waals surface area contributed by atoms with E-state index in [-0.39, 0.29) is 18.0 Å². The minimum Gasteiger partial charge on any atom is -0.377 e. The molecule has 2 aromatic rings. The number of benzene rings is 1. The van der Waals surface area contributed by atoms with Crippen molar-refractivity contribution in [3.05, 3.63) is 47.3 Å². The predicted molar refractivity (Wildman–Crippen MR) is 106 cm³/mol. The van der Waals surface area contributed by atoms with Crippen LogP contribution in [-0.2, 0) is 16.1 Å². The van der Waals surface area contributed by atoms with Crippen LogP contribution in [0.3, 0.4) is 0 Å². The van der Waals surface area contributed by atoms with E-state index in [4.69, 9.17) is 9.26 Å². The lowest BCUT2D eigenvalue weighted by atomic mass is 9.93. The number of likely N-dealkylation sites (tertiary alicyclic amines) is 1. The Bertz CT molecular complexity index is 873. The van der Waals surface area contributed by atoms with E-state index in [9.17, 15) is 9.59 Å². The molecule has 1 aromatic heterocycles. The summed E-state index contributed by atoms with van der Waals surface area (Å²) in [7, 11) is 1.62. The van der Waals surface area contributed by atoms with Crippen molar-refractivity contribution in [2.75, 3.05) is 25.5 Å². The Labute approximate surface area is 169 Å². The lowest BCUT2D eigenvalue weighted by Gasteiger charge is -2.31. The highest BCUT2D eigenvalue weighted by Gasteiger charge is 2.26. The molecule has 0 bridgehead atoms. The Morgan fingerprint density at radius 1 is 1.31 bits per heavy atom. The summed E-state index contributed by atoms with van der Waals surface area (Å²) in [6.45, 7) is 1.75. The van der Waals surface area contributed by atoms with Gasteiger partial charge in [-0.05, 0) is 37.0 Å². The van der Waals surface area contributed by atoms with Gasteiger partial charge in [-0.1, -0.05) is 17.3 Å². The number of hydrogen-bond donors (Lipinski definition) is 2. The Hall–Kier alpha value is -2.87. The van der Waals surface area contributed by atoms with E-state index in [2.05, 4.69) is 15.8 Å². The van der Waals surface area contributed by atoms with Gasteiger partial charge < -0.3 is 24.8 Å². The standard InChI is InChI=1S/C21H26N4O4/c1-28-13-17-12-19(24-29-17)14-7-9-25(10-8-14)21(27)22-16-4-2-3-15(11-16)18-5-6-20(26)23-18/h2-4,11-12,14,18H,5-10,13H2,1H3,(H,22,27)(H,23,26). The second kappa shape index (κ2) is 8.65. The number of aromatic nitrogens is 1. The molecule has 2 fully saturated rings. The number of ether oxygens (including phenoxy) is 1. The summed E-state index contributed by atoms with van der Waals surface area (Å²) >= 11 is 0. The zero-order valence-corrected chi connectivity index (χ0v) is 16.5. The van der Waals surface area contributed by atoms with E-state index in [1.165, 1.54) is 0 Å². The molecule has 8 nitrogen and oxygen atoms in total. The monoisotopic (exact) mass is 398 g/mol. The summed E-state index contributed by atoms with van der Waals surface area (Å²) in [5.74, 6) is 1.09. The van der Waals surface area contributed by atoms with Crippen LogP contribution in [-0.4, -0.2) is 42.2 Å². The summed E-state index contributed by atoms with van der Waals surface area (Å²) in [5, 5.41) is 10.1. The Morgan fingerprint density at radius 3 is 2.86 bits per heavy atom. The molecule has 2 aliphatic rings. The highest BCUT2D eigenvalue weighted by molar-refractivity contribution is 5.89. The van der Waals surface area contributed by atoms with Crippen LogP contribution in [0.5, 0.6) is 0 Å². The molecular formula is C21H26N4O4. The van der Waals surface area contributed by atoms with Crippen LogP contribution < -0.4 is 10.6 Å². The average Bonchev–Trinajstić information content (AvgIpc) is 3.38. The van der Waals surface area contributed by atoms with Gasteiger partial charge in [-0.2, -0.15) is 0 Å². The Balaban J connectivity index is 1.31. The van der Waals surface area contributed by atoms with Gasteiger partial charge in [0, 0.05) is 44.3 Å². The number of nitrogens with zero attached hydrogens (tertiary/aromatic N) is 2. The average molecular weight is 398 g/mol. The van der Waals surface area contributed by atoms with Gasteiger partial charge in [0.25, 0.3) is 0 Å². The van der Waals surface area contributed by atoms with E-state index >= 15 is 0 Å². The molecule has 1 atom stereocenters. The number of carbonyl (C=O) groups is 2. The SMILES string of the molecule is COCc1cc(C2CCN(C(=O)Nc3cccc(C4CCC(=O)N4)c3)CC2)no1. The smallest absolute Gasteiger partial charge is 0.321 e. The fourth-order valence-corrected chi connectivity index (χ4v) is 4.01.